The third-order valence-electron chi connectivity index (χ3n) is 3.68. The van der Waals surface area contributed by atoms with Gasteiger partial charge in [0.15, 0.2) is 5.13 Å². The molecular weight excluding hydrogens is 383 g/mol. The summed E-state index contributed by atoms with van der Waals surface area (Å²) in [6.45, 7) is 1.29. The van der Waals surface area contributed by atoms with Crippen molar-refractivity contribution < 1.29 is 23.5 Å². The number of halogens is 1. The van der Waals surface area contributed by atoms with Gasteiger partial charge in [-0.25, -0.2) is 9.37 Å². The fourth-order valence-corrected chi connectivity index (χ4v) is 2.90. The van der Waals surface area contributed by atoms with E-state index in [0.717, 1.165) is 0 Å². The Hall–Kier alpha value is -3.26. The predicted molar refractivity (Wildman–Crippen MR) is 103 cm³/mol. The molecular formula is C20H17FN2O4S. The summed E-state index contributed by atoms with van der Waals surface area (Å²) in [7, 11) is 0. The molecule has 0 spiro atoms. The van der Waals surface area contributed by atoms with Gasteiger partial charge in [-0.3, -0.25) is 14.9 Å². The highest BCUT2D eigenvalue weighted by molar-refractivity contribution is 7.13. The average molecular weight is 400 g/mol. The molecule has 3 rings (SSSR count). The van der Waals surface area contributed by atoms with Crippen LogP contribution in [0.3, 0.4) is 0 Å². The average Bonchev–Trinajstić information content (AvgIpc) is 3.18. The zero-order valence-electron chi connectivity index (χ0n) is 15.0. The highest BCUT2D eigenvalue weighted by Gasteiger charge is 2.12. The molecule has 0 unspecified atom stereocenters. The normalized spacial score (nSPS) is 10.4. The summed E-state index contributed by atoms with van der Waals surface area (Å²) in [5, 5.41) is 4.89. The van der Waals surface area contributed by atoms with E-state index in [1.807, 2.05) is 0 Å². The lowest BCUT2D eigenvalue weighted by Gasteiger charge is -2.12. The van der Waals surface area contributed by atoms with Crippen LogP contribution < -0.4 is 10.1 Å². The van der Waals surface area contributed by atoms with Crippen LogP contribution >= 0.6 is 11.3 Å². The fourth-order valence-electron chi connectivity index (χ4n) is 2.37. The van der Waals surface area contributed by atoms with Gasteiger partial charge in [0, 0.05) is 29.6 Å². The summed E-state index contributed by atoms with van der Waals surface area (Å²) in [6.07, 6.45) is 1.58. The van der Waals surface area contributed by atoms with Gasteiger partial charge in [-0.2, -0.15) is 0 Å². The lowest BCUT2D eigenvalue weighted by molar-refractivity contribution is -0.142. The number of hydrogen-bond acceptors (Lipinski definition) is 6. The van der Waals surface area contributed by atoms with E-state index in [1.54, 1.807) is 48.0 Å². The molecule has 8 heteroatoms. The van der Waals surface area contributed by atoms with E-state index >= 15 is 0 Å². The van der Waals surface area contributed by atoms with Crippen molar-refractivity contribution in [2.75, 3.05) is 5.32 Å². The summed E-state index contributed by atoms with van der Waals surface area (Å²) in [4.78, 5) is 27.6. The fraction of sp³-hybridized carbons (Fsp3) is 0.150. The van der Waals surface area contributed by atoms with Crippen molar-refractivity contribution in [3.05, 3.63) is 76.5 Å². The zero-order chi connectivity index (χ0) is 19.9. The van der Waals surface area contributed by atoms with Crippen molar-refractivity contribution in [3.8, 4) is 5.75 Å². The van der Waals surface area contributed by atoms with Gasteiger partial charge in [0.05, 0.1) is 0 Å². The van der Waals surface area contributed by atoms with Gasteiger partial charge in [-0.05, 0) is 29.8 Å². The summed E-state index contributed by atoms with van der Waals surface area (Å²) in [5.74, 6) is -0.834. The van der Waals surface area contributed by atoms with Crippen LogP contribution in [0, 0.1) is 5.82 Å². The number of hydrogen-bond donors (Lipinski definition) is 1. The molecule has 0 atom stereocenters. The van der Waals surface area contributed by atoms with Crippen LogP contribution in [0.1, 0.15) is 28.4 Å². The molecule has 144 valence electrons. The Morgan fingerprint density at radius 2 is 2.00 bits per heavy atom. The monoisotopic (exact) mass is 400 g/mol. The van der Waals surface area contributed by atoms with Crippen molar-refractivity contribution in [1.29, 1.82) is 0 Å². The molecule has 0 aliphatic heterocycles. The second-order valence-electron chi connectivity index (χ2n) is 5.82. The molecule has 0 radical (unpaired) electrons. The molecule has 0 saturated carbocycles. The van der Waals surface area contributed by atoms with Gasteiger partial charge >= 0.3 is 5.97 Å². The van der Waals surface area contributed by atoms with Crippen LogP contribution in [-0.4, -0.2) is 16.9 Å². The first-order valence-electron chi connectivity index (χ1n) is 8.35. The Morgan fingerprint density at radius 3 is 2.71 bits per heavy atom. The number of carbonyl (C=O) groups excluding carboxylic acids is 2. The van der Waals surface area contributed by atoms with E-state index < -0.39 is 5.97 Å². The third-order valence-corrected chi connectivity index (χ3v) is 4.36. The van der Waals surface area contributed by atoms with E-state index in [-0.39, 0.29) is 24.9 Å². The Labute approximate surface area is 164 Å². The standard InChI is InChI=1S/C20H17FN2O4S/c1-13(24)26-11-14-8-16(19(25)23-20-22-6-7-28-20)10-17(9-14)27-12-15-4-2-3-5-18(15)21/h2-10H,11-12H2,1H3,(H,22,23,25). The number of rotatable bonds is 7. The second-order valence-corrected chi connectivity index (χ2v) is 6.71. The van der Waals surface area contributed by atoms with Gasteiger partial charge in [0.2, 0.25) is 0 Å². The van der Waals surface area contributed by atoms with Crippen LogP contribution in [0.5, 0.6) is 5.75 Å². The van der Waals surface area contributed by atoms with E-state index in [4.69, 9.17) is 9.47 Å². The number of thiazole rings is 1. The molecule has 1 N–H and O–H groups in total. The topological polar surface area (TPSA) is 77.5 Å². The van der Waals surface area contributed by atoms with Crippen LogP contribution in [-0.2, 0) is 22.7 Å². The summed E-state index contributed by atoms with van der Waals surface area (Å²) < 4.78 is 24.5. The zero-order valence-corrected chi connectivity index (χ0v) is 15.8. The number of esters is 1. The summed E-state index contributed by atoms with van der Waals surface area (Å²) >= 11 is 1.29. The maximum Gasteiger partial charge on any atom is 0.302 e. The van der Waals surface area contributed by atoms with Crippen molar-refractivity contribution in [2.45, 2.75) is 20.1 Å². The molecule has 0 aliphatic carbocycles. The molecule has 6 nitrogen and oxygen atoms in total. The molecule has 28 heavy (non-hydrogen) atoms. The van der Waals surface area contributed by atoms with Gasteiger partial charge < -0.3 is 9.47 Å². The highest BCUT2D eigenvalue weighted by atomic mass is 32.1. The summed E-state index contributed by atoms with van der Waals surface area (Å²) in [5.41, 5.74) is 1.27. The van der Waals surface area contributed by atoms with Gasteiger partial charge in [-0.15, -0.1) is 11.3 Å². The van der Waals surface area contributed by atoms with Gasteiger partial charge in [-0.1, -0.05) is 18.2 Å². The van der Waals surface area contributed by atoms with Gasteiger partial charge in [0.25, 0.3) is 5.91 Å². The molecule has 1 aromatic heterocycles. The van der Waals surface area contributed by atoms with E-state index in [9.17, 15) is 14.0 Å². The smallest absolute Gasteiger partial charge is 0.302 e. The van der Waals surface area contributed by atoms with Crippen LogP contribution in [0.4, 0.5) is 9.52 Å². The molecule has 3 aromatic rings. The molecule has 2 aromatic carbocycles. The largest absolute Gasteiger partial charge is 0.489 e. The third kappa shape index (κ3) is 5.37. The minimum absolute atomic E-state index is 0.00275. The quantitative estimate of drug-likeness (QED) is 0.602. The number of nitrogens with zero attached hydrogens (tertiary/aromatic N) is 1. The number of nitrogens with one attached hydrogen (secondary N) is 1. The number of anilines is 1. The Kier molecular flexibility index (Phi) is 6.33. The van der Waals surface area contributed by atoms with Crippen LogP contribution in [0.15, 0.2) is 54.0 Å². The van der Waals surface area contributed by atoms with Crippen molar-refractivity contribution in [2.24, 2.45) is 0 Å². The predicted octanol–water partition coefficient (Wildman–Crippen LogP) is 4.18. The summed E-state index contributed by atoms with van der Waals surface area (Å²) in [6, 6.07) is 11.1. The number of ether oxygens (including phenoxy) is 2. The molecule has 0 bridgehead atoms. The second kappa shape index (κ2) is 9.09. The van der Waals surface area contributed by atoms with E-state index in [0.29, 0.717) is 27.6 Å². The lowest BCUT2D eigenvalue weighted by Crippen LogP contribution is -2.13. The Balaban J connectivity index is 1.81. The molecule has 0 aliphatic rings. The molecule has 0 saturated heterocycles. The lowest BCUT2D eigenvalue weighted by atomic mass is 10.1. The van der Waals surface area contributed by atoms with Crippen molar-refractivity contribution in [1.82, 2.24) is 4.98 Å². The van der Waals surface area contributed by atoms with Crippen LogP contribution in [0.2, 0.25) is 0 Å². The maximum atomic E-state index is 13.8. The van der Waals surface area contributed by atoms with E-state index in [1.165, 1.54) is 24.3 Å². The van der Waals surface area contributed by atoms with Gasteiger partial charge in [0.1, 0.15) is 24.8 Å². The van der Waals surface area contributed by atoms with Crippen molar-refractivity contribution in [3.63, 3.8) is 0 Å². The molecule has 1 amide bonds. The number of aromatic nitrogens is 1. The molecule has 1 heterocycles. The number of benzene rings is 2. The van der Waals surface area contributed by atoms with Crippen LogP contribution in [0.25, 0.3) is 0 Å². The van der Waals surface area contributed by atoms with E-state index in [2.05, 4.69) is 10.3 Å². The highest BCUT2D eigenvalue weighted by Crippen LogP contribution is 2.22. The Morgan fingerprint density at radius 1 is 1.18 bits per heavy atom. The maximum absolute atomic E-state index is 13.8. The minimum Gasteiger partial charge on any atom is -0.489 e. The first-order valence-corrected chi connectivity index (χ1v) is 9.23. The number of carbonyl (C=O) groups is 2. The first-order chi connectivity index (χ1) is 13.5. The minimum atomic E-state index is -0.438. The Bertz CT molecular complexity index is 976. The first kappa shape index (κ1) is 19.5. The molecule has 0 fully saturated rings. The SMILES string of the molecule is CC(=O)OCc1cc(OCc2ccccc2F)cc(C(=O)Nc2nccs2)c1. The number of amides is 1. The van der Waals surface area contributed by atoms with Crippen molar-refractivity contribution >= 4 is 28.3 Å².